The summed E-state index contributed by atoms with van der Waals surface area (Å²) in [6.45, 7) is 4.05. The zero-order valence-electron chi connectivity index (χ0n) is 13.6. The summed E-state index contributed by atoms with van der Waals surface area (Å²) in [6, 6.07) is 7.81. The summed E-state index contributed by atoms with van der Waals surface area (Å²) in [4.78, 5) is 11.4. The van der Waals surface area contributed by atoms with Crippen molar-refractivity contribution in [2.45, 2.75) is 20.3 Å². The average Bonchev–Trinajstić information content (AvgIpc) is 2.98. The van der Waals surface area contributed by atoms with Gasteiger partial charge in [0.1, 0.15) is 28.0 Å². The second-order valence-electron chi connectivity index (χ2n) is 5.10. The van der Waals surface area contributed by atoms with Gasteiger partial charge in [-0.3, -0.25) is 0 Å². The first kappa shape index (κ1) is 15.6. The Labute approximate surface area is 139 Å². The Morgan fingerprint density at radius 1 is 1.13 bits per heavy atom. The Balaban J connectivity index is 2.06. The Kier molecular flexibility index (Phi) is 4.34. The fourth-order valence-corrected chi connectivity index (χ4v) is 3.39. The molecule has 0 saturated carbocycles. The number of rotatable bonds is 5. The molecule has 23 heavy (non-hydrogen) atoms. The zero-order valence-corrected chi connectivity index (χ0v) is 14.5. The molecule has 0 atom stereocenters. The number of fused-ring (bicyclic) bond motifs is 1. The Bertz CT molecular complexity index is 845. The van der Waals surface area contributed by atoms with Gasteiger partial charge in [-0.1, -0.05) is 6.92 Å². The van der Waals surface area contributed by atoms with Crippen LogP contribution in [-0.4, -0.2) is 24.2 Å². The van der Waals surface area contributed by atoms with Crippen molar-refractivity contribution in [1.29, 1.82) is 0 Å². The van der Waals surface area contributed by atoms with Crippen LogP contribution >= 0.6 is 11.3 Å². The second-order valence-corrected chi connectivity index (χ2v) is 6.21. The minimum Gasteiger partial charge on any atom is -0.497 e. The van der Waals surface area contributed by atoms with Gasteiger partial charge in [-0.15, -0.1) is 11.3 Å². The lowest BCUT2D eigenvalue weighted by molar-refractivity contribution is 0.395. The number of hydrogen-bond acceptors (Lipinski definition) is 6. The van der Waals surface area contributed by atoms with Gasteiger partial charge in [0.25, 0.3) is 0 Å². The van der Waals surface area contributed by atoms with E-state index < -0.39 is 0 Å². The summed E-state index contributed by atoms with van der Waals surface area (Å²) in [5.74, 6) is 3.00. The molecule has 120 valence electrons. The molecule has 0 aliphatic rings. The minimum absolute atomic E-state index is 0.708. The van der Waals surface area contributed by atoms with Crippen molar-refractivity contribution in [3.05, 3.63) is 35.0 Å². The van der Waals surface area contributed by atoms with Gasteiger partial charge in [0.15, 0.2) is 0 Å². The third kappa shape index (κ3) is 3.07. The smallest absolute Gasteiger partial charge is 0.146 e. The van der Waals surface area contributed by atoms with E-state index in [4.69, 9.17) is 9.47 Å². The van der Waals surface area contributed by atoms with Crippen LogP contribution in [0.1, 0.15) is 17.6 Å². The quantitative estimate of drug-likeness (QED) is 0.755. The second kappa shape index (κ2) is 6.42. The molecule has 0 spiro atoms. The maximum Gasteiger partial charge on any atom is 0.146 e. The van der Waals surface area contributed by atoms with Crippen LogP contribution in [-0.2, 0) is 6.42 Å². The molecule has 3 aromatic rings. The largest absolute Gasteiger partial charge is 0.497 e. The van der Waals surface area contributed by atoms with Gasteiger partial charge in [0.2, 0.25) is 0 Å². The lowest BCUT2D eigenvalue weighted by atomic mass is 10.2. The van der Waals surface area contributed by atoms with Gasteiger partial charge < -0.3 is 14.8 Å². The number of hydrogen-bond donors (Lipinski definition) is 1. The van der Waals surface area contributed by atoms with Gasteiger partial charge in [-0.25, -0.2) is 9.97 Å². The van der Waals surface area contributed by atoms with E-state index in [9.17, 15) is 0 Å². The van der Waals surface area contributed by atoms with E-state index in [0.717, 1.165) is 39.7 Å². The lowest BCUT2D eigenvalue weighted by Crippen LogP contribution is -2.00. The molecule has 6 heteroatoms. The molecular weight excluding hydrogens is 310 g/mol. The molecule has 1 N–H and O–H groups in total. The van der Waals surface area contributed by atoms with Gasteiger partial charge >= 0.3 is 0 Å². The fraction of sp³-hybridized carbons (Fsp3) is 0.294. The number of methoxy groups -OCH3 is 2. The maximum atomic E-state index is 5.45. The van der Waals surface area contributed by atoms with Crippen LogP contribution in [0, 0.1) is 6.92 Å². The van der Waals surface area contributed by atoms with Crippen molar-refractivity contribution in [2.75, 3.05) is 19.5 Å². The molecular formula is C17H19N3O2S. The Morgan fingerprint density at radius 3 is 2.65 bits per heavy atom. The van der Waals surface area contributed by atoms with Crippen molar-refractivity contribution in [1.82, 2.24) is 9.97 Å². The van der Waals surface area contributed by atoms with Gasteiger partial charge in [-0.05, 0) is 31.5 Å². The maximum absolute atomic E-state index is 5.45. The Hall–Kier alpha value is -2.34. The van der Waals surface area contributed by atoms with Crippen LogP contribution in [0.2, 0.25) is 0 Å². The van der Waals surface area contributed by atoms with Gasteiger partial charge in [-0.2, -0.15) is 0 Å². The van der Waals surface area contributed by atoms with E-state index in [1.165, 1.54) is 4.88 Å². The van der Waals surface area contributed by atoms with E-state index in [1.54, 1.807) is 25.6 Å². The highest BCUT2D eigenvalue weighted by Crippen LogP contribution is 2.35. The molecule has 2 heterocycles. The minimum atomic E-state index is 0.708. The molecule has 2 aromatic heterocycles. The van der Waals surface area contributed by atoms with Crippen molar-refractivity contribution in [3.8, 4) is 11.5 Å². The topological polar surface area (TPSA) is 56.3 Å². The highest BCUT2D eigenvalue weighted by molar-refractivity contribution is 7.18. The summed E-state index contributed by atoms with van der Waals surface area (Å²) in [6.07, 6.45) is 0.991. The highest BCUT2D eigenvalue weighted by Gasteiger charge is 2.12. The molecule has 0 aliphatic heterocycles. The van der Waals surface area contributed by atoms with Crippen molar-refractivity contribution >= 4 is 33.1 Å². The first-order chi connectivity index (χ1) is 11.1. The van der Waals surface area contributed by atoms with Gasteiger partial charge in [0.05, 0.1) is 25.3 Å². The van der Waals surface area contributed by atoms with Crippen molar-refractivity contribution < 1.29 is 9.47 Å². The number of nitrogens with zero attached hydrogens (tertiary/aromatic N) is 2. The molecule has 0 aliphatic carbocycles. The summed E-state index contributed by atoms with van der Waals surface area (Å²) in [7, 11) is 3.28. The monoisotopic (exact) mass is 329 g/mol. The molecule has 0 radical (unpaired) electrons. The van der Waals surface area contributed by atoms with E-state index in [-0.39, 0.29) is 0 Å². The SMILES string of the molecule is CCc1cc2c(Nc3ccc(OC)cc3OC)nc(C)nc2s1. The van der Waals surface area contributed by atoms with Crippen LogP contribution in [0.3, 0.4) is 0 Å². The van der Waals surface area contributed by atoms with Crippen molar-refractivity contribution in [2.24, 2.45) is 0 Å². The normalized spacial score (nSPS) is 10.8. The third-order valence-corrected chi connectivity index (χ3v) is 4.74. The van der Waals surface area contributed by atoms with Crippen LogP contribution in [0.5, 0.6) is 11.5 Å². The van der Waals surface area contributed by atoms with Crippen LogP contribution < -0.4 is 14.8 Å². The van der Waals surface area contributed by atoms with E-state index in [2.05, 4.69) is 28.3 Å². The summed E-state index contributed by atoms with van der Waals surface area (Å²) in [5.41, 5.74) is 0.844. The number of aromatic nitrogens is 2. The van der Waals surface area contributed by atoms with E-state index in [0.29, 0.717) is 5.75 Å². The molecule has 0 saturated heterocycles. The molecule has 0 bridgehead atoms. The molecule has 0 amide bonds. The van der Waals surface area contributed by atoms with E-state index in [1.807, 2.05) is 25.1 Å². The van der Waals surface area contributed by atoms with Crippen molar-refractivity contribution in [3.63, 3.8) is 0 Å². The summed E-state index contributed by atoms with van der Waals surface area (Å²) in [5, 5.41) is 4.41. The number of aryl methyl sites for hydroxylation is 2. The van der Waals surface area contributed by atoms with Crippen LogP contribution in [0.4, 0.5) is 11.5 Å². The van der Waals surface area contributed by atoms with E-state index >= 15 is 0 Å². The molecule has 5 nitrogen and oxygen atoms in total. The number of nitrogens with one attached hydrogen (secondary N) is 1. The predicted molar refractivity (Wildman–Crippen MR) is 94.4 cm³/mol. The molecule has 1 aromatic carbocycles. The summed E-state index contributed by atoms with van der Waals surface area (Å²) >= 11 is 1.71. The average molecular weight is 329 g/mol. The van der Waals surface area contributed by atoms with Gasteiger partial charge in [0, 0.05) is 10.9 Å². The standard InChI is InChI=1S/C17H19N3O2S/c1-5-12-9-13-16(18-10(2)19-17(13)23-12)20-14-7-6-11(21-3)8-15(14)22-4/h6-9H,5H2,1-4H3,(H,18,19,20). The predicted octanol–water partition coefficient (Wildman–Crippen LogP) is 4.32. The number of anilines is 2. The Morgan fingerprint density at radius 2 is 1.96 bits per heavy atom. The highest BCUT2D eigenvalue weighted by atomic mass is 32.1. The summed E-state index contributed by atoms with van der Waals surface area (Å²) < 4.78 is 10.7. The number of thiophene rings is 1. The zero-order chi connectivity index (χ0) is 16.4. The number of ether oxygens (including phenoxy) is 2. The third-order valence-electron chi connectivity index (χ3n) is 3.57. The molecule has 0 fully saturated rings. The molecule has 3 rings (SSSR count). The van der Waals surface area contributed by atoms with Crippen LogP contribution in [0.15, 0.2) is 24.3 Å². The first-order valence-corrected chi connectivity index (χ1v) is 8.22. The molecule has 0 unspecified atom stereocenters. The fourth-order valence-electron chi connectivity index (χ4n) is 2.38. The lowest BCUT2D eigenvalue weighted by Gasteiger charge is -2.12. The first-order valence-electron chi connectivity index (χ1n) is 7.40. The van der Waals surface area contributed by atoms with Crippen LogP contribution in [0.25, 0.3) is 10.2 Å². The number of benzene rings is 1.